The third-order valence-electron chi connectivity index (χ3n) is 5.19. The summed E-state index contributed by atoms with van der Waals surface area (Å²) in [5.74, 6) is -0.0971. The van der Waals surface area contributed by atoms with Crippen LogP contribution < -0.4 is 5.73 Å². The molecule has 2 N–H and O–H groups in total. The number of rotatable bonds is 5. The lowest BCUT2D eigenvalue weighted by molar-refractivity contribution is -0.136. The van der Waals surface area contributed by atoms with E-state index >= 15 is 0 Å². The first-order valence-electron chi connectivity index (χ1n) is 8.92. The molecular formula is C21H25ClN2O. The normalized spacial score (nSPS) is 19.6. The van der Waals surface area contributed by atoms with E-state index in [9.17, 15) is 4.79 Å². The lowest BCUT2D eigenvalue weighted by Gasteiger charge is -2.30. The van der Waals surface area contributed by atoms with Crippen molar-refractivity contribution in [2.75, 3.05) is 6.54 Å². The van der Waals surface area contributed by atoms with Crippen molar-refractivity contribution >= 4 is 17.5 Å². The number of hydrogen-bond donors (Lipinski definition) is 1. The Morgan fingerprint density at radius 3 is 2.60 bits per heavy atom. The first-order valence-corrected chi connectivity index (χ1v) is 9.30. The van der Waals surface area contributed by atoms with E-state index in [1.165, 1.54) is 0 Å². The molecule has 1 aliphatic heterocycles. The maximum Gasteiger partial charge on any atom is 0.227 e. The van der Waals surface area contributed by atoms with Crippen molar-refractivity contribution in [3.63, 3.8) is 0 Å². The van der Waals surface area contributed by atoms with E-state index in [0.29, 0.717) is 0 Å². The van der Waals surface area contributed by atoms with Gasteiger partial charge in [-0.05, 0) is 36.5 Å². The number of benzene rings is 2. The standard InChI is InChI=1S/C21H25ClN2O/c1-15(20(23)16-8-3-2-4-9-16)21(25)24-13-7-11-18(24)14-17-10-5-6-12-19(17)22/h2-6,8-10,12,15,18,20H,7,11,13-14,23H2,1H3. The molecule has 2 aromatic carbocycles. The Bertz CT molecular complexity index is 719. The summed E-state index contributed by atoms with van der Waals surface area (Å²) >= 11 is 6.30. The molecule has 3 atom stereocenters. The molecule has 3 rings (SSSR count). The average molecular weight is 357 g/mol. The molecule has 0 radical (unpaired) electrons. The van der Waals surface area contributed by atoms with Crippen LogP contribution in [0, 0.1) is 5.92 Å². The summed E-state index contributed by atoms with van der Waals surface area (Å²) < 4.78 is 0. The second-order valence-corrected chi connectivity index (χ2v) is 7.26. The van der Waals surface area contributed by atoms with Crippen LogP contribution in [0.3, 0.4) is 0 Å². The van der Waals surface area contributed by atoms with Crippen LogP contribution in [-0.2, 0) is 11.2 Å². The maximum absolute atomic E-state index is 13.1. The van der Waals surface area contributed by atoms with Gasteiger partial charge < -0.3 is 10.6 Å². The van der Waals surface area contributed by atoms with E-state index in [1.54, 1.807) is 0 Å². The molecule has 1 aliphatic rings. The number of nitrogens with zero attached hydrogens (tertiary/aromatic N) is 1. The quantitative estimate of drug-likeness (QED) is 0.872. The van der Waals surface area contributed by atoms with E-state index in [1.807, 2.05) is 66.4 Å². The van der Waals surface area contributed by atoms with Crippen LogP contribution in [0.4, 0.5) is 0 Å². The predicted octanol–water partition coefficient (Wildman–Crippen LogP) is 4.21. The molecule has 1 amide bonds. The highest BCUT2D eigenvalue weighted by atomic mass is 35.5. The van der Waals surface area contributed by atoms with Crippen LogP contribution in [0.15, 0.2) is 54.6 Å². The SMILES string of the molecule is CC(C(=O)N1CCCC1Cc1ccccc1Cl)C(N)c1ccccc1. The zero-order chi connectivity index (χ0) is 17.8. The average Bonchev–Trinajstić information content (AvgIpc) is 3.10. The van der Waals surface area contributed by atoms with Crippen molar-refractivity contribution < 1.29 is 4.79 Å². The fourth-order valence-corrected chi connectivity index (χ4v) is 3.85. The summed E-state index contributed by atoms with van der Waals surface area (Å²) in [6.07, 6.45) is 2.86. The molecule has 1 fully saturated rings. The van der Waals surface area contributed by atoms with E-state index in [0.717, 1.165) is 42.0 Å². The van der Waals surface area contributed by atoms with Crippen molar-refractivity contribution in [1.82, 2.24) is 4.90 Å². The maximum atomic E-state index is 13.1. The Morgan fingerprint density at radius 2 is 1.88 bits per heavy atom. The molecular weight excluding hydrogens is 332 g/mol. The second kappa shape index (κ2) is 8.03. The van der Waals surface area contributed by atoms with Gasteiger partial charge in [0.1, 0.15) is 0 Å². The van der Waals surface area contributed by atoms with Crippen LogP contribution in [0.25, 0.3) is 0 Å². The van der Waals surface area contributed by atoms with E-state index in [2.05, 4.69) is 0 Å². The summed E-state index contributed by atoms with van der Waals surface area (Å²) in [7, 11) is 0. The van der Waals surface area contributed by atoms with Crippen LogP contribution in [-0.4, -0.2) is 23.4 Å². The topological polar surface area (TPSA) is 46.3 Å². The molecule has 4 heteroatoms. The Balaban J connectivity index is 1.71. The fraction of sp³-hybridized carbons (Fsp3) is 0.381. The van der Waals surface area contributed by atoms with Gasteiger partial charge in [0.2, 0.25) is 5.91 Å². The Kier molecular flexibility index (Phi) is 5.77. The predicted molar refractivity (Wildman–Crippen MR) is 102 cm³/mol. The van der Waals surface area contributed by atoms with Gasteiger partial charge in [0.05, 0.1) is 5.92 Å². The van der Waals surface area contributed by atoms with Crippen molar-refractivity contribution in [2.24, 2.45) is 11.7 Å². The first-order chi connectivity index (χ1) is 12.1. The molecule has 3 unspecified atom stereocenters. The van der Waals surface area contributed by atoms with Crippen molar-refractivity contribution in [3.8, 4) is 0 Å². The number of likely N-dealkylation sites (tertiary alicyclic amines) is 1. The van der Waals surface area contributed by atoms with E-state index in [4.69, 9.17) is 17.3 Å². The van der Waals surface area contributed by atoms with Gasteiger partial charge in [-0.3, -0.25) is 4.79 Å². The summed E-state index contributed by atoms with van der Waals surface area (Å²) in [6.45, 7) is 2.74. The first kappa shape index (κ1) is 18.0. The highest BCUT2D eigenvalue weighted by molar-refractivity contribution is 6.31. The summed E-state index contributed by atoms with van der Waals surface area (Å²) in [5, 5.41) is 0.774. The number of amides is 1. The number of hydrogen-bond acceptors (Lipinski definition) is 2. The summed E-state index contributed by atoms with van der Waals surface area (Å²) in [4.78, 5) is 15.1. The minimum absolute atomic E-state index is 0.144. The molecule has 3 nitrogen and oxygen atoms in total. The third kappa shape index (κ3) is 4.05. The number of nitrogens with two attached hydrogens (primary N) is 1. The van der Waals surface area contributed by atoms with Gasteiger partial charge in [0.15, 0.2) is 0 Å². The van der Waals surface area contributed by atoms with Crippen LogP contribution in [0.1, 0.15) is 36.9 Å². The lowest BCUT2D eigenvalue weighted by Crippen LogP contribution is -2.42. The van der Waals surface area contributed by atoms with Gasteiger partial charge in [-0.15, -0.1) is 0 Å². The van der Waals surface area contributed by atoms with Crippen molar-refractivity contribution in [2.45, 2.75) is 38.3 Å². The van der Waals surface area contributed by atoms with Crippen LogP contribution in [0.5, 0.6) is 0 Å². The van der Waals surface area contributed by atoms with Gasteiger partial charge in [0, 0.05) is 23.7 Å². The van der Waals surface area contributed by atoms with Gasteiger partial charge in [-0.2, -0.15) is 0 Å². The number of carbonyl (C=O) groups excluding carboxylic acids is 1. The highest BCUT2D eigenvalue weighted by Gasteiger charge is 2.34. The van der Waals surface area contributed by atoms with Gasteiger partial charge in [-0.1, -0.05) is 67.1 Å². The molecule has 2 aromatic rings. The number of carbonyl (C=O) groups is 1. The van der Waals surface area contributed by atoms with E-state index < -0.39 is 0 Å². The molecule has 1 heterocycles. The molecule has 1 saturated heterocycles. The van der Waals surface area contributed by atoms with Gasteiger partial charge >= 0.3 is 0 Å². The van der Waals surface area contributed by atoms with E-state index in [-0.39, 0.29) is 23.9 Å². The minimum Gasteiger partial charge on any atom is -0.339 e. The Morgan fingerprint density at radius 1 is 1.20 bits per heavy atom. The fourth-order valence-electron chi connectivity index (χ4n) is 3.63. The molecule has 132 valence electrons. The molecule has 0 aromatic heterocycles. The zero-order valence-corrected chi connectivity index (χ0v) is 15.3. The number of halogens is 1. The smallest absolute Gasteiger partial charge is 0.227 e. The largest absolute Gasteiger partial charge is 0.339 e. The summed E-state index contributed by atoms with van der Waals surface area (Å²) in [6, 6.07) is 17.7. The zero-order valence-electron chi connectivity index (χ0n) is 14.6. The molecule has 0 spiro atoms. The lowest BCUT2D eigenvalue weighted by atomic mass is 9.93. The molecule has 0 saturated carbocycles. The third-order valence-corrected chi connectivity index (χ3v) is 5.55. The van der Waals surface area contributed by atoms with Crippen LogP contribution in [0.2, 0.25) is 5.02 Å². The minimum atomic E-state index is -0.282. The van der Waals surface area contributed by atoms with Crippen molar-refractivity contribution in [3.05, 3.63) is 70.7 Å². The monoisotopic (exact) mass is 356 g/mol. The van der Waals surface area contributed by atoms with Gasteiger partial charge in [0.25, 0.3) is 0 Å². The molecule has 0 aliphatic carbocycles. The van der Waals surface area contributed by atoms with Gasteiger partial charge in [-0.25, -0.2) is 0 Å². The summed E-state index contributed by atoms with van der Waals surface area (Å²) in [5.41, 5.74) is 8.47. The Labute approximate surface area is 154 Å². The Hall–Kier alpha value is -1.84. The second-order valence-electron chi connectivity index (χ2n) is 6.85. The van der Waals surface area contributed by atoms with Crippen molar-refractivity contribution in [1.29, 1.82) is 0 Å². The molecule has 0 bridgehead atoms. The van der Waals surface area contributed by atoms with Crippen LogP contribution >= 0.6 is 11.6 Å². The highest BCUT2D eigenvalue weighted by Crippen LogP contribution is 2.28. The molecule has 25 heavy (non-hydrogen) atoms.